The average molecular weight is 342 g/mol. The van der Waals surface area contributed by atoms with Gasteiger partial charge in [0.15, 0.2) is 0 Å². The molecule has 0 rings (SSSR count). The quantitative estimate of drug-likeness (QED) is 0.339. The van der Waals surface area contributed by atoms with Gasteiger partial charge in [0.2, 0.25) is 0 Å². The second-order valence-corrected chi connectivity index (χ2v) is 5.93. The second kappa shape index (κ2) is 13.0. The Morgan fingerprint density at radius 1 is 1.69 bits per heavy atom. The summed E-state index contributed by atoms with van der Waals surface area (Å²) < 4.78 is 0. The summed E-state index contributed by atoms with van der Waals surface area (Å²) in [5.74, 6) is 1.07. The van der Waals surface area contributed by atoms with Gasteiger partial charge in [-0.3, -0.25) is 4.79 Å². The predicted octanol–water partition coefficient (Wildman–Crippen LogP) is 1.000. The van der Waals surface area contributed by atoms with Crippen LogP contribution in [-0.2, 0) is 32.5 Å². The minimum atomic E-state index is -0.897. The summed E-state index contributed by atoms with van der Waals surface area (Å²) in [5, 5.41) is 8.35. The van der Waals surface area contributed by atoms with E-state index in [0.29, 0.717) is 6.42 Å². The van der Waals surface area contributed by atoms with Crippen molar-refractivity contribution in [1.82, 2.24) is 0 Å². The van der Waals surface area contributed by atoms with Crippen molar-refractivity contribution in [3.05, 3.63) is 0 Å². The molecule has 7 heteroatoms. The third-order valence-corrected chi connectivity index (χ3v) is 2.16. The number of hydrogen-bond donors (Lipinski definition) is 2. The molecule has 0 bridgehead atoms. The standard InChI is InChI=1S/C6H13NO2S.2ClH.Pd/c1-2-10-4-3-5(7)6(8)9;;;/h5H,2-4,7H2,1H3,(H,8,9);2*1H;/q;;;+2/p-1. The zero-order valence-electron chi connectivity index (χ0n) is 7.15. The molecule has 0 aliphatic carbocycles. The fourth-order valence-corrected chi connectivity index (χ4v) is 1.29. The van der Waals surface area contributed by atoms with Crippen LogP contribution in [-0.4, -0.2) is 28.6 Å². The molecule has 0 aromatic carbocycles. The summed E-state index contributed by atoms with van der Waals surface area (Å²) in [4.78, 5) is 10.2. The van der Waals surface area contributed by atoms with E-state index in [0.717, 1.165) is 11.5 Å². The van der Waals surface area contributed by atoms with Crippen molar-refractivity contribution in [3.63, 3.8) is 0 Å². The predicted molar refractivity (Wildman–Crippen MR) is 56.1 cm³/mol. The van der Waals surface area contributed by atoms with Crippen LogP contribution in [0.4, 0.5) is 0 Å². The Labute approximate surface area is 98.8 Å². The van der Waals surface area contributed by atoms with Gasteiger partial charge in [-0.25, -0.2) is 0 Å². The number of carboxylic acid groups (broad SMARTS) is 1. The summed E-state index contributed by atoms with van der Waals surface area (Å²) in [7, 11) is 9.63. The number of carbonyl (C=O) groups is 1. The summed E-state index contributed by atoms with van der Waals surface area (Å²) in [6.45, 7) is 2.06. The third kappa shape index (κ3) is 15.8. The normalized spacial score (nSPS) is 11.7. The van der Waals surface area contributed by atoms with E-state index < -0.39 is 12.0 Å². The van der Waals surface area contributed by atoms with Gasteiger partial charge in [-0.05, 0) is 18.7 Å². The molecule has 1 unspecified atom stereocenters. The first kappa shape index (κ1) is 16.5. The van der Waals surface area contributed by atoms with Crippen LogP contribution in [0.2, 0.25) is 0 Å². The van der Waals surface area contributed by atoms with Gasteiger partial charge in [-0.2, -0.15) is 0 Å². The molecular weight excluding hydrogens is 327 g/mol. The van der Waals surface area contributed by atoms with Crippen molar-refractivity contribution in [2.24, 2.45) is 5.73 Å². The summed E-state index contributed by atoms with van der Waals surface area (Å²) >= 11 is 1.18. The van der Waals surface area contributed by atoms with E-state index in [2.05, 4.69) is 6.92 Å². The Kier molecular flexibility index (Phi) is 16.5. The summed E-state index contributed by atoms with van der Waals surface area (Å²) in [6, 6.07) is -0.668. The Balaban J connectivity index is 0. The van der Waals surface area contributed by atoms with E-state index >= 15 is 0 Å². The van der Waals surface area contributed by atoms with E-state index in [9.17, 15) is 4.79 Å². The van der Waals surface area contributed by atoms with Gasteiger partial charge in [0, 0.05) is 6.42 Å². The molecule has 0 aliphatic rings. The first-order valence-corrected chi connectivity index (χ1v) is 8.81. The molecule has 13 heavy (non-hydrogen) atoms. The molecule has 84 valence electrons. The second-order valence-electron chi connectivity index (χ2n) is 2.04. The Bertz CT molecular complexity index is 131. The van der Waals surface area contributed by atoms with Crippen molar-refractivity contribution < 1.29 is 25.8 Å². The molecular formula is C6H14Cl2NO2PdS+. The fourth-order valence-electron chi connectivity index (χ4n) is 0.512. The first-order valence-electron chi connectivity index (χ1n) is 3.54. The van der Waals surface area contributed by atoms with Crippen LogP contribution in [0.15, 0.2) is 0 Å². The topological polar surface area (TPSA) is 63.3 Å². The molecule has 0 aliphatic heterocycles. The minimum absolute atomic E-state index is 0.106. The van der Waals surface area contributed by atoms with E-state index in [1.54, 1.807) is 0 Å². The maximum absolute atomic E-state index is 10.2. The molecule has 0 radical (unpaired) electrons. The molecule has 0 saturated heterocycles. The fraction of sp³-hybridized carbons (Fsp3) is 0.833. The van der Waals surface area contributed by atoms with Gasteiger partial charge in [0.1, 0.15) is 17.5 Å². The zero-order chi connectivity index (χ0) is 10.7. The Hall–Kier alpha value is 1.02. The van der Waals surface area contributed by atoms with Crippen molar-refractivity contribution in [3.8, 4) is 0 Å². The van der Waals surface area contributed by atoms with Crippen LogP contribution < -0.4 is 5.73 Å². The monoisotopic (exact) mass is 340 g/mol. The number of rotatable bonds is 5. The van der Waals surface area contributed by atoms with Gasteiger partial charge < -0.3 is 10.8 Å². The van der Waals surface area contributed by atoms with Crippen molar-refractivity contribution in [2.75, 3.05) is 11.5 Å². The first-order chi connectivity index (χ1) is 6.09. The molecule has 0 aromatic heterocycles. The zero-order valence-corrected chi connectivity index (χ0v) is 11.1. The Morgan fingerprint density at radius 3 is 2.46 bits per heavy atom. The molecule has 0 spiro atoms. The van der Waals surface area contributed by atoms with Crippen molar-refractivity contribution in [2.45, 2.75) is 19.4 Å². The van der Waals surface area contributed by atoms with Crippen molar-refractivity contribution >= 4 is 36.8 Å². The molecule has 0 heterocycles. The van der Waals surface area contributed by atoms with E-state index in [1.807, 2.05) is 0 Å². The van der Waals surface area contributed by atoms with Crippen LogP contribution in [0.5, 0.6) is 0 Å². The van der Waals surface area contributed by atoms with E-state index in [1.165, 1.54) is 11.8 Å². The van der Waals surface area contributed by atoms with Crippen LogP contribution in [0.1, 0.15) is 13.3 Å². The SMILES string of the molecule is CC[SH+]CCC(N)C(=O)O.[Cl][Pd][Cl]. The number of halogens is 2. The summed E-state index contributed by atoms with van der Waals surface area (Å²) in [5.41, 5.74) is 5.25. The number of carboxylic acids is 1. The number of nitrogens with two attached hydrogens (primary N) is 1. The molecule has 3 N–H and O–H groups in total. The Morgan fingerprint density at radius 2 is 2.15 bits per heavy atom. The number of aliphatic carboxylic acids is 1. The van der Waals surface area contributed by atoms with Gasteiger partial charge in [-0.15, -0.1) is 0 Å². The molecule has 3 nitrogen and oxygen atoms in total. The average Bonchev–Trinajstić information content (AvgIpc) is 2.06. The molecule has 0 amide bonds. The summed E-state index contributed by atoms with van der Waals surface area (Å²) in [6.07, 6.45) is 0.588. The molecule has 0 aromatic rings. The van der Waals surface area contributed by atoms with Crippen LogP contribution in [0, 0.1) is 0 Å². The molecule has 1 atom stereocenters. The molecule has 0 fully saturated rings. The van der Waals surface area contributed by atoms with Crippen LogP contribution in [0.25, 0.3) is 0 Å². The van der Waals surface area contributed by atoms with Gasteiger partial charge in [0.25, 0.3) is 0 Å². The van der Waals surface area contributed by atoms with Crippen LogP contribution in [0.3, 0.4) is 0 Å². The number of thiol groups is 1. The van der Waals surface area contributed by atoms with Gasteiger partial charge in [-0.1, -0.05) is 0 Å². The van der Waals surface area contributed by atoms with E-state index in [4.69, 9.17) is 29.9 Å². The van der Waals surface area contributed by atoms with Crippen LogP contribution >= 0.6 is 19.1 Å². The van der Waals surface area contributed by atoms with Gasteiger partial charge in [0.05, 0.1) is 0 Å². The van der Waals surface area contributed by atoms with Crippen molar-refractivity contribution in [1.29, 1.82) is 0 Å². The third-order valence-electron chi connectivity index (χ3n) is 1.14. The maximum atomic E-state index is 10.2. The van der Waals surface area contributed by atoms with E-state index in [-0.39, 0.29) is 15.9 Å². The number of hydrogen-bond acceptors (Lipinski definition) is 2. The van der Waals surface area contributed by atoms with Gasteiger partial charge >= 0.3 is 41.0 Å². The molecule has 0 saturated carbocycles.